The number of morpholine rings is 1. The minimum Gasteiger partial charge on any atom is -0.497 e. The molecule has 5 nitrogen and oxygen atoms in total. The van der Waals surface area contributed by atoms with Crippen molar-refractivity contribution in [2.24, 2.45) is 0 Å². The lowest BCUT2D eigenvalue weighted by Crippen LogP contribution is -2.45. The van der Waals surface area contributed by atoms with E-state index in [-0.39, 0.29) is 12.0 Å². The van der Waals surface area contributed by atoms with E-state index in [1.165, 1.54) is 11.8 Å². The third-order valence-corrected chi connectivity index (χ3v) is 4.22. The Hall–Kier alpha value is -1.40. The fourth-order valence-electron chi connectivity index (χ4n) is 2.04. The summed E-state index contributed by atoms with van der Waals surface area (Å²) in [6.07, 6.45) is 0.111. The van der Waals surface area contributed by atoms with Gasteiger partial charge in [0.25, 0.3) is 0 Å². The molecule has 0 radical (unpaired) electrons. The van der Waals surface area contributed by atoms with E-state index < -0.39 is 0 Å². The van der Waals surface area contributed by atoms with Crippen LogP contribution in [0.2, 0.25) is 0 Å². The summed E-state index contributed by atoms with van der Waals surface area (Å²) in [7, 11) is 1.61. The predicted octanol–water partition coefficient (Wildman–Crippen LogP) is 1.62. The molecule has 2 N–H and O–H groups in total. The first kappa shape index (κ1) is 15.0. The van der Waals surface area contributed by atoms with Crippen molar-refractivity contribution in [3.63, 3.8) is 0 Å². The van der Waals surface area contributed by atoms with Crippen LogP contribution in [0.1, 0.15) is 6.92 Å². The van der Waals surface area contributed by atoms with Crippen LogP contribution in [0.25, 0.3) is 0 Å². The van der Waals surface area contributed by atoms with E-state index in [0.717, 1.165) is 10.6 Å². The highest BCUT2D eigenvalue weighted by molar-refractivity contribution is 8.00. The van der Waals surface area contributed by atoms with Crippen LogP contribution in [0.5, 0.6) is 5.75 Å². The molecule has 1 aromatic rings. The molecule has 1 aliphatic rings. The van der Waals surface area contributed by atoms with Gasteiger partial charge in [0, 0.05) is 23.7 Å². The molecule has 0 aromatic heterocycles. The smallest absolute Gasteiger partial charge is 0.233 e. The number of amides is 1. The maximum Gasteiger partial charge on any atom is 0.233 e. The van der Waals surface area contributed by atoms with Gasteiger partial charge in [0.1, 0.15) is 5.75 Å². The predicted molar refractivity (Wildman–Crippen MR) is 80.1 cm³/mol. The van der Waals surface area contributed by atoms with E-state index in [2.05, 4.69) is 0 Å². The third kappa shape index (κ3) is 3.80. The van der Waals surface area contributed by atoms with Crippen LogP contribution < -0.4 is 10.5 Å². The minimum atomic E-state index is 0.111. The normalized spacial score (nSPS) is 18.9. The van der Waals surface area contributed by atoms with Gasteiger partial charge in [-0.3, -0.25) is 4.79 Å². The molecule has 1 atom stereocenters. The molecule has 0 bridgehead atoms. The van der Waals surface area contributed by atoms with Crippen LogP contribution in [-0.2, 0) is 9.53 Å². The van der Waals surface area contributed by atoms with Crippen molar-refractivity contribution >= 4 is 23.4 Å². The van der Waals surface area contributed by atoms with Crippen molar-refractivity contribution in [2.75, 3.05) is 38.3 Å². The maximum absolute atomic E-state index is 12.2. The molecular formula is C14H20N2O3S. The zero-order valence-corrected chi connectivity index (χ0v) is 12.6. The summed E-state index contributed by atoms with van der Waals surface area (Å²) in [4.78, 5) is 14.9. The lowest BCUT2D eigenvalue weighted by molar-refractivity contribution is -0.135. The number of carbonyl (C=O) groups excluding carboxylic acids is 1. The number of methoxy groups -OCH3 is 1. The summed E-state index contributed by atoms with van der Waals surface area (Å²) < 4.78 is 10.6. The highest BCUT2D eigenvalue weighted by atomic mass is 32.2. The average molecular weight is 296 g/mol. The number of anilines is 1. The first-order valence-corrected chi connectivity index (χ1v) is 7.54. The van der Waals surface area contributed by atoms with Crippen LogP contribution in [0.3, 0.4) is 0 Å². The second-order valence-corrected chi connectivity index (χ2v) is 5.73. The van der Waals surface area contributed by atoms with E-state index in [9.17, 15) is 4.79 Å². The van der Waals surface area contributed by atoms with Crippen LogP contribution in [-0.4, -0.2) is 49.5 Å². The van der Waals surface area contributed by atoms with Gasteiger partial charge in [-0.25, -0.2) is 0 Å². The van der Waals surface area contributed by atoms with Crippen LogP contribution in [0.4, 0.5) is 5.69 Å². The van der Waals surface area contributed by atoms with Gasteiger partial charge < -0.3 is 20.1 Å². The van der Waals surface area contributed by atoms with Crippen molar-refractivity contribution in [3.05, 3.63) is 18.2 Å². The fraction of sp³-hybridized carbons (Fsp3) is 0.500. The summed E-state index contributed by atoms with van der Waals surface area (Å²) in [5.74, 6) is 1.24. The van der Waals surface area contributed by atoms with Gasteiger partial charge in [0.15, 0.2) is 0 Å². The molecule has 0 spiro atoms. The fourth-order valence-corrected chi connectivity index (χ4v) is 2.94. The second-order valence-electron chi connectivity index (χ2n) is 4.71. The van der Waals surface area contributed by atoms with E-state index in [1.54, 1.807) is 13.2 Å². The Bertz CT molecular complexity index is 481. The molecule has 110 valence electrons. The van der Waals surface area contributed by atoms with Crippen molar-refractivity contribution in [1.29, 1.82) is 0 Å². The third-order valence-electron chi connectivity index (χ3n) is 3.17. The van der Waals surface area contributed by atoms with E-state index in [0.29, 0.717) is 31.1 Å². The topological polar surface area (TPSA) is 64.8 Å². The minimum absolute atomic E-state index is 0.111. The van der Waals surface area contributed by atoms with Gasteiger partial charge in [-0.1, -0.05) is 0 Å². The van der Waals surface area contributed by atoms with E-state index in [1.807, 2.05) is 24.0 Å². The van der Waals surface area contributed by atoms with Gasteiger partial charge in [0.2, 0.25) is 5.91 Å². The molecule has 1 amide bonds. The molecule has 1 fully saturated rings. The van der Waals surface area contributed by atoms with Crippen molar-refractivity contribution in [3.8, 4) is 5.75 Å². The molecule has 20 heavy (non-hydrogen) atoms. The summed E-state index contributed by atoms with van der Waals surface area (Å²) in [6, 6.07) is 5.46. The van der Waals surface area contributed by atoms with Gasteiger partial charge in [0.05, 0.1) is 25.6 Å². The van der Waals surface area contributed by atoms with Gasteiger partial charge in [-0.2, -0.15) is 0 Å². The molecule has 1 unspecified atom stereocenters. The van der Waals surface area contributed by atoms with Crippen LogP contribution in [0.15, 0.2) is 23.1 Å². The molecular weight excluding hydrogens is 276 g/mol. The largest absolute Gasteiger partial charge is 0.497 e. The standard InChI is InChI=1S/C14H20N2O3S/c1-10-8-16(5-6-19-10)14(17)9-20-13-7-11(18-2)3-4-12(13)15/h3-4,7,10H,5-6,8-9,15H2,1-2H3. The Morgan fingerprint density at radius 1 is 1.60 bits per heavy atom. The Kier molecular flexibility index (Phi) is 5.14. The van der Waals surface area contributed by atoms with Gasteiger partial charge >= 0.3 is 0 Å². The summed E-state index contributed by atoms with van der Waals surface area (Å²) in [6.45, 7) is 3.91. The molecule has 1 saturated heterocycles. The Balaban J connectivity index is 1.92. The van der Waals surface area contributed by atoms with Gasteiger partial charge in [-0.15, -0.1) is 11.8 Å². The number of nitrogen functional groups attached to an aromatic ring is 1. The number of hydrogen-bond acceptors (Lipinski definition) is 5. The Morgan fingerprint density at radius 2 is 2.40 bits per heavy atom. The highest BCUT2D eigenvalue weighted by Crippen LogP contribution is 2.29. The molecule has 1 heterocycles. The number of benzene rings is 1. The maximum atomic E-state index is 12.2. The molecule has 6 heteroatoms. The Morgan fingerprint density at radius 3 is 3.10 bits per heavy atom. The molecule has 0 saturated carbocycles. The van der Waals surface area contributed by atoms with Crippen molar-refractivity contribution in [1.82, 2.24) is 4.90 Å². The zero-order valence-electron chi connectivity index (χ0n) is 11.8. The highest BCUT2D eigenvalue weighted by Gasteiger charge is 2.21. The number of hydrogen-bond donors (Lipinski definition) is 1. The molecule has 1 aromatic carbocycles. The lowest BCUT2D eigenvalue weighted by atomic mass is 10.3. The number of nitrogens with two attached hydrogens (primary N) is 1. The number of ether oxygens (including phenoxy) is 2. The number of nitrogens with zero attached hydrogens (tertiary/aromatic N) is 1. The SMILES string of the molecule is COc1ccc(N)c(SCC(=O)N2CCOC(C)C2)c1. The monoisotopic (exact) mass is 296 g/mol. The zero-order chi connectivity index (χ0) is 14.5. The first-order chi connectivity index (χ1) is 9.60. The van der Waals surface area contributed by atoms with Crippen LogP contribution >= 0.6 is 11.8 Å². The molecule has 0 aliphatic carbocycles. The number of carbonyl (C=O) groups is 1. The van der Waals surface area contributed by atoms with E-state index in [4.69, 9.17) is 15.2 Å². The summed E-state index contributed by atoms with van der Waals surface area (Å²) in [5.41, 5.74) is 6.58. The van der Waals surface area contributed by atoms with Crippen LogP contribution in [0, 0.1) is 0 Å². The first-order valence-electron chi connectivity index (χ1n) is 6.56. The van der Waals surface area contributed by atoms with Crippen molar-refractivity contribution < 1.29 is 14.3 Å². The molecule has 2 rings (SSSR count). The van der Waals surface area contributed by atoms with E-state index >= 15 is 0 Å². The lowest BCUT2D eigenvalue weighted by Gasteiger charge is -2.31. The molecule has 1 aliphatic heterocycles. The quantitative estimate of drug-likeness (QED) is 0.675. The summed E-state index contributed by atoms with van der Waals surface area (Å²) >= 11 is 1.44. The average Bonchev–Trinajstić information content (AvgIpc) is 2.46. The Labute approximate surface area is 123 Å². The number of thioether (sulfide) groups is 1. The summed E-state index contributed by atoms with van der Waals surface area (Å²) in [5, 5.41) is 0. The van der Waals surface area contributed by atoms with Crippen molar-refractivity contribution in [2.45, 2.75) is 17.9 Å². The van der Waals surface area contributed by atoms with Gasteiger partial charge in [-0.05, 0) is 25.1 Å². The second kappa shape index (κ2) is 6.85. The number of rotatable bonds is 4.